The van der Waals surface area contributed by atoms with Crippen molar-refractivity contribution in [1.82, 2.24) is 0 Å². The number of anilines is 3. The van der Waals surface area contributed by atoms with Crippen molar-refractivity contribution in [3.8, 4) is 55.6 Å². The highest BCUT2D eigenvalue weighted by atomic mass is 15.1. The number of benzene rings is 9. The molecule has 0 unspecified atom stereocenters. The van der Waals surface area contributed by atoms with Crippen molar-refractivity contribution in [2.75, 3.05) is 4.90 Å². The molecule has 9 aromatic carbocycles. The Morgan fingerprint density at radius 1 is 0.321 bits per heavy atom. The molecular formula is C55H41N. The van der Waals surface area contributed by atoms with Crippen LogP contribution >= 0.6 is 0 Å². The first-order chi connectivity index (χ1) is 27.6. The van der Waals surface area contributed by atoms with Crippen LogP contribution in [0.3, 0.4) is 0 Å². The van der Waals surface area contributed by atoms with Gasteiger partial charge in [0.15, 0.2) is 0 Å². The minimum absolute atomic E-state index is 0.0506. The van der Waals surface area contributed by atoms with Gasteiger partial charge in [0.25, 0.3) is 0 Å². The summed E-state index contributed by atoms with van der Waals surface area (Å²) < 4.78 is 0. The largest absolute Gasteiger partial charge is 0.310 e. The molecule has 56 heavy (non-hydrogen) atoms. The molecule has 0 aromatic heterocycles. The van der Waals surface area contributed by atoms with E-state index in [4.69, 9.17) is 0 Å². The first-order valence-corrected chi connectivity index (χ1v) is 19.5. The van der Waals surface area contributed by atoms with Crippen LogP contribution in [0.25, 0.3) is 66.4 Å². The Bertz CT molecular complexity index is 2870. The zero-order valence-electron chi connectivity index (χ0n) is 31.7. The first-order valence-electron chi connectivity index (χ1n) is 19.5. The maximum absolute atomic E-state index is 2.45. The maximum atomic E-state index is 2.45. The molecule has 9 aromatic rings. The molecule has 0 fully saturated rings. The fourth-order valence-electron chi connectivity index (χ4n) is 8.97. The fraction of sp³-hybridized carbons (Fsp3) is 0.0545. The summed E-state index contributed by atoms with van der Waals surface area (Å²) in [5.74, 6) is 0. The molecule has 1 aliphatic carbocycles. The molecule has 0 saturated carbocycles. The molecule has 266 valence electrons. The quantitative estimate of drug-likeness (QED) is 0.159. The van der Waals surface area contributed by atoms with E-state index in [2.05, 4.69) is 231 Å². The van der Waals surface area contributed by atoms with Crippen molar-refractivity contribution < 1.29 is 0 Å². The van der Waals surface area contributed by atoms with Gasteiger partial charge in [0.2, 0.25) is 0 Å². The first kappa shape index (κ1) is 33.6. The molecule has 0 saturated heterocycles. The molecule has 1 heteroatoms. The number of rotatable bonds is 7. The molecule has 1 aliphatic rings. The van der Waals surface area contributed by atoms with Crippen molar-refractivity contribution in [3.63, 3.8) is 0 Å². The Morgan fingerprint density at radius 2 is 0.821 bits per heavy atom. The molecule has 0 aliphatic heterocycles. The lowest BCUT2D eigenvalue weighted by Gasteiger charge is -2.30. The van der Waals surface area contributed by atoms with Crippen molar-refractivity contribution in [2.24, 2.45) is 0 Å². The maximum Gasteiger partial charge on any atom is 0.0546 e. The van der Waals surface area contributed by atoms with Gasteiger partial charge in [0.05, 0.1) is 5.69 Å². The zero-order chi connectivity index (χ0) is 37.6. The van der Waals surface area contributed by atoms with E-state index in [1.807, 2.05) is 0 Å². The van der Waals surface area contributed by atoms with Crippen molar-refractivity contribution in [1.29, 1.82) is 0 Å². The second kappa shape index (κ2) is 13.7. The van der Waals surface area contributed by atoms with E-state index >= 15 is 0 Å². The smallest absolute Gasteiger partial charge is 0.0546 e. The second-order valence-electron chi connectivity index (χ2n) is 15.3. The molecule has 0 heterocycles. The van der Waals surface area contributed by atoms with E-state index < -0.39 is 0 Å². The lowest BCUT2D eigenvalue weighted by Crippen LogP contribution is -2.14. The van der Waals surface area contributed by atoms with Gasteiger partial charge in [-0.05, 0) is 102 Å². The lowest BCUT2D eigenvalue weighted by molar-refractivity contribution is 0.660. The van der Waals surface area contributed by atoms with Gasteiger partial charge in [-0.15, -0.1) is 0 Å². The van der Waals surface area contributed by atoms with Gasteiger partial charge in [0.1, 0.15) is 0 Å². The summed E-state index contributed by atoms with van der Waals surface area (Å²) in [5.41, 5.74) is 18.4. The Labute approximate surface area is 329 Å². The van der Waals surface area contributed by atoms with E-state index in [0.717, 1.165) is 17.1 Å². The Morgan fingerprint density at radius 3 is 1.55 bits per heavy atom. The second-order valence-corrected chi connectivity index (χ2v) is 15.3. The van der Waals surface area contributed by atoms with Crippen LogP contribution in [-0.4, -0.2) is 0 Å². The molecule has 0 spiro atoms. The topological polar surface area (TPSA) is 3.24 Å². The monoisotopic (exact) mass is 715 g/mol. The zero-order valence-corrected chi connectivity index (χ0v) is 31.7. The Kier molecular flexibility index (Phi) is 8.23. The number of nitrogens with zero attached hydrogens (tertiary/aromatic N) is 1. The Hall–Kier alpha value is -6.96. The van der Waals surface area contributed by atoms with Gasteiger partial charge in [-0.3, -0.25) is 0 Å². The molecular weight excluding hydrogens is 675 g/mol. The molecule has 0 radical (unpaired) electrons. The van der Waals surface area contributed by atoms with Crippen LogP contribution in [0.1, 0.15) is 25.0 Å². The van der Waals surface area contributed by atoms with Gasteiger partial charge in [0, 0.05) is 22.4 Å². The highest BCUT2D eigenvalue weighted by molar-refractivity contribution is 6.02. The number of hydrogen-bond acceptors (Lipinski definition) is 1. The summed E-state index contributed by atoms with van der Waals surface area (Å²) >= 11 is 0. The van der Waals surface area contributed by atoms with Crippen LogP contribution < -0.4 is 4.90 Å². The highest BCUT2D eigenvalue weighted by Crippen LogP contribution is 2.53. The summed E-state index contributed by atoms with van der Waals surface area (Å²) in [7, 11) is 0. The number of hydrogen-bond donors (Lipinski definition) is 0. The molecule has 0 N–H and O–H groups in total. The van der Waals surface area contributed by atoms with Crippen LogP contribution in [0, 0.1) is 0 Å². The summed E-state index contributed by atoms with van der Waals surface area (Å²) in [5, 5.41) is 2.43. The predicted octanol–water partition coefficient (Wildman–Crippen LogP) is 15.3. The van der Waals surface area contributed by atoms with E-state index in [1.165, 1.54) is 77.5 Å². The van der Waals surface area contributed by atoms with Crippen LogP contribution in [-0.2, 0) is 5.41 Å². The minimum Gasteiger partial charge on any atom is -0.310 e. The van der Waals surface area contributed by atoms with Gasteiger partial charge >= 0.3 is 0 Å². The molecule has 0 amide bonds. The van der Waals surface area contributed by atoms with Crippen LogP contribution in [0.5, 0.6) is 0 Å². The van der Waals surface area contributed by atoms with E-state index in [1.54, 1.807) is 0 Å². The van der Waals surface area contributed by atoms with Crippen LogP contribution in [0.15, 0.2) is 212 Å². The van der Waals surface area contributed by atoms with Crippen molar-refractivity contribution in [3.05, 3.63) is 223 Å². The molecule has 1 nitrogen and oxygen atoms in total. The van der Waals surface area contributed by atoms with Gasteiger partial charge in [-0.2, -0.15) is 0 Å². The summed E-state index contributed by atoms with van der Waals surface area (Å²) in [6.45, 7) is 4.70. The summed E-state index contributed by atoms with van der Waals surface area (Å²) in [6, 6.07) is 77.6. The Balaban J connectivity index is 1.20. The standard InChI is InChI=1S/C55H41N/c1-55(2)50-28-14-13-25-49(50)53-46(26-15-29-51(53)55)41-32-34-43(35-33-41)56(44-36-31-38-17-9-10-22-42(38)37-44)52-30-16-27-47(40-20-7-4-8-21-40)54(52)48-24-12-11-23-45(48)39-18-5-3-6-19-39/h3-37H,1-2H3. The third kappa shape index (κ3) is 5.63. The normalized spacial score (nSPS) is 12.6. The summed E-state index contributed by atoms with van der Waals surface area (Å²) in [4.78, 5) is 2.45. The van der Waals surface area contributed by atoms with E-state index in [9.17, 15) is 0 Å². The van der Waals surface area contributed by atoms with E-state index in [-0.39, 0.29) is 5.41 Å². The third-order valence-corrected chi connectivity index (χ3v) is 11.7. The summed E-state index contributed by atoms with van der Waals surface area (Å²) in [6.07, 6.45) is 0. The fourth-order valence-corrected chi connectivity index (χ4v) is 8.97. The average Bonchev–Trinajstić information content (AvgIpc) is 3.50. The lowest BCUT2D eigenvalue weighted by atomic mass is 9.82. The van der Waals surface area contributed by atoms with Gasteiger partial charge in [-0.25, -0.2) is 0 Å². The average molecular weight is 716 g/mol. The van der Waals surface area contributed by atoms with Gasteiger partial charge in [-0.1, -0.05) is 196 Å². The van der Waals surface area contributed by atoms with E-state index in [0.29, 0.717) is 0 Å². The van der Waals surface area contributed by atoms with Crippen LogP contribution in [0.2, 0.25) is 0 Å². The molecule has 10 rings (SSSR count). The molecule has 0 bridgehead atoms. The van der Waals surface area contributed by atoms with Crippen molar-refractivity contribution >= 4 is 27.8 Å². The van der Waals surface area contributed by atoms with Crippen LogP contribution in [0.4, 0.5) is 17.1 Å². The SMILES string of the molecule is CC1(C)c2ccccc2-c2c(-c3ccc(N(c4ccc5ccccc5c4)c4cccc(-c5ccccc5)c4-c4ccccc4-c4ccccc4)cc3)cccc21. The van der Waals surface area contributed by atoms with Crippen molar-refractivity contribution in [2.45, 2.75) is 19.3 Å². The number of fused-ring (bicyclic) bond motifs is 4. The minimum atomic E-state index is -0.0506. The predicted molar refractivity (Wildman–Crippen MR) is 238 cm³/mol. The molecule has 0 atom stereocenters. The highest BCUT2D eigenvalue weighted by Gasteiger charge is 2.36. The third-order valence-electron chi connectivity index (χ3n) is 11.7. The van der Waals surface area contributed by atoms with Gasteiger partial charge < -0.3 is 4.90 Å².